The van der Waals surface area contributed by atoms with Gasteiger partial charge >= 0.3 is 0 Å². The van der Waals surface area contributed by atoms with E-state index in [9.17, 15) is 0 Å². The van der Waals surface area contributed by atoms with E-state index in [1.165, 1.54) is 22.0 Å². The first-order valence-corrected chi connectivity index (χ1v) is 8.84. The summed E-state index contributed by atoms with van der Waals surface area (Å²) in [6.45, 7) is 6.09. The maximum Gasteiger partial charge on any atom is 0.0540 e. The fourth-order valence-corrected chi connectivity index (χ4v) is 3.39. The van der Waals surface area contributed by atoms with Crippen molar-refractivity contribution in [3.63, 3.8) is 0 Å². The van der Waals surface area contributed by atoms with Crippen LogP contribution in [0, 0.1) is 6.92 Å². The summed E-state index contributed by atoms with van der Waals surface area (Å²) in [5, 5.41) is 2.47. The molecule has 26 heavy (non-hydrogen) atoms. The molecule has 126 valence electrons. The van der Waals surface area contributed by atoms with Crippen molar-refractivity contribution in [2.45, 2.75) is 6.92 Å². The Kier molecular flexibility index (Phi) is 4.28. The summed E-state index contributed by atoms with van der Waals surface area (Å²) < 4.78 is 0. The summed E-state index contributed by atoms with van der Waals surface area (Å²) in [6, 6.07) is 32.0. The molecule has 0 aliphatic rings. The summed E-state index contributed by atoms with van der Waals surface area (Å²) in [7, 11) is 0. The molecule has 0 radical (unpaired) electrons. The maximum atomic E-state index is 3.97. The minimum atomic E-state index is 1.13. The second-order valence-electron chi connectivity index (χ2n) is 6.41. The fraction of sp³-hybridized carbons (Fsp3) is 0.0400. The third kappa shape index (κ3) is 2.89. The highest BCUT2D eigenvalue weighted by Gasteiger charge is 2.15. The lowest BCUT2D eigenvalue weighted by Crippen LogP contribution is -2.10. The Morgan fingerprint density at radius 1 is 0.731 bits per heavy atom. The van der Waals surface area contributed by atoms with Crippen molar-refractivity contribution >= 4 is 33.9 Å². The van der Waals surface area contributed by atoms with Crippen molar-refractivity contribution in [2.24, 2.45) is 0 Å². The summed E-state index contributed by atoms with van der Waals surface area (Å²) in [5.41, 5.74) is 5.84. The Hall–Kier alpha value is -3.32. The molecule has 1 nitrogen and oxygen atoms in total. The van der Waals surface area contributed by atoms with Gasteiger partial charge in [0, 0.05) is 16.8 Å². The van der Waals surface area contributed by atoms with E-state index in [0.717, 1.165) is 16.9 Å². The van der Waals surface area contributed by atoms with Crippen molar-refractivity contribution < 1.29 is 0 Å². The van der Waals surface area contributed by atoms with Gasteiger partial charge in [-0.3, -0.25) is 0 Å². The molecule has 0 aliphatic heterocycles. The van der Waals surface area contributed by atoms with Crippen molar-refractivity contribution in [1.82, 2.24) is 0 Å². The van der Waals surface area contributed by atoms with Crippen LogP contribution < -0.4 is 4.90 Å². The Balaban J connectivity index is 1.99. The van der Waals surface area contributed by atoms with Gasteiger partial charge in [-0.25, -0.2) is 0 Å². The van der Waals surface area contributed by atoms with Gasteiger partial charge in [0.1, 0.15) is 0 Å². The third-order valence-electron chi connectivity index (χ3n) is 4.76. The molecule has 0 heterocycles. The van der Waals surface area contributed by atoms with Crippen molar-refractivity contribution in [3.05, 3.63) is 109 Å². The topological polar surface area (TPSA) is 3.24 Å². The monoisotopic (exact) mass is 335 g/mol. The number of benzene rings is 4. The van der Waals surface area contributed by atoms with E-state index >= 15 is 0 Å². The zero-order valence-corrected chi connectivity index (χ0v) is 14.9. The van der Waals surface area contributed by atoms with Gasteiger partial charge in [0.15, 0.2) is 0 Å². The molecule has 0 saturated carbocycles. The number of fused-ring (bicyclic) bond motifs is 1. The first-order chi connectivity index (χ1) is 12.8. The van der Waals surface area contributed by atoms with Gasteiger partial charge in [-0.05, 0) is 53.8 Å². The van der Waals surface area contributed by atoms with Crippen molar-refractivity contribution in [1.29, 1.82) is 0 Å². The van der Waals surface area contributed by atoms with Crippen LogP contribution in [0.3, 0.4) is 0 Å². The SMILES string of the molecule is C=Cc1cc(N(c2ccccc2)c2cccc3ccccc23)ccc1C. The minimum Gasteiger partial charge on any atom is -0.310 e. The zero-order valence-electron chi connectivity index (χ0n) is 14.9. The van der Waals surface area contributed by atoms with Gasteiger partial charge in [0.05, 0.1) is 5.69 Å². The third-order valence-corrected chi connectivity index (χ3v) is 4.76. The number of aryl methyl sites for hydroxylation is 1. The highest BCUT2D eigenvalue weighted by atomic mass is 15.1. The molecule has 0 amide bonds. The molecule has 0 aliphatic carbocycles. The van der Waals surface area contributed by atoms with Crippen LogP contribution in [0.25, 0.3) is 16.8 Å². The molecule has 0 unspecified atom stereocenters. The molecule has 0 spiro atoms. The molecule has 0 saturated heterocycles. The highest BCUT2D eigenvalue weighted by molar-refractivity contribution is 5.98. The molecule has 0 aromatic heterocycles. The van der Waals surface area contributed by atoms with Crippen LogP contribution in [0.4, 0.5) is 17.1 Å². The first-order valence-electron chi connectivity index (χ1n) is 8.84. The molecule has 4 aromatic rings. The number of rotatable bonds is 4. The van der Waals surface area contributed by atoms with E-state index in [-0.39, 0.29) is 0 Å². The predicted octanol–water partition coefficient (Wildman–Crippen LogP) is 7.26. The van der Waals surface area contributed by atoms with E-state index < -0.39 is 0 Å². The van der Waals surface area contributed by atoms with E-state index in [1.54, 1.807) is 0 Å². The number of hydrogen-bond donors (Lipinski definition) is 0. The van der Waals surface area contributed by atoms with Crippen LogP contribution in [0.15, 0.2) is 97.6 Å². The lowest BCUT2D eigenvalue weighted by atomic mass is 10.0. The van der Waals surface area contributed by atoms with Crippen LogP contribution in [0.2, 0.25) is 0 Å². The molecule has 0 N–H and O–H groups in total. The van der Waals surface area contributed by atoms with Crippen LogP contribution in [0.5, 0.6) is 0 Å². The van der Waals surface area contributed by atoms with Gasteiger partial charge in [-0.15, -0.1) is 0 Å². The fourth-order valence-electron chi connectivity index (χ4n) is 3.39. The average molecular weight is 335 g/mol. The minimum absolute atomic E-state index is 1.13. The quantitative estimate of drug-likeness (QED) is 0.379. The van der Waals surface area contributed by atoms with Gasteiger partial charge in [-0.2, -0.15) is 0 Å². The summed E-state index contributed by atoms with van der Waals surface area (Å²) >= 11 is 0. The smallest absolute Gasteiger partial charge is 0.0540 e. The van der Waals surface area contributed by atoms with Crippen LogP contribution >= 0.6 is 0 Å². The molecule has 4 rings (SSSR count). The zero-order chi connectivity index (χ0) is 17.9. The van der Waals surface area contributed by atoms with E-state index in [4.69, 9.17) is 0 Å². The normalized spacial score (nSPS) is 10.7. The molecule has 0 atom stereocenters. The van der Waals surface area contributed by atoms with Gasteiger partial charge < -0.3 is 4.90 Å². The van der Waals surface area contributed by atoms with Gasteiger partial charge in [0.2, 0.25) is 0 Å². The molecule has 0 fully saturated rings. The first kappa shape index (κ1) is 16.2. The summed E-state index contributed by atoms with van der Waals surface area (Å²) in [5.74, 6) is 0. The highest BCUT2D eigenvalue weighted by Crippen LogP contribution is 2.39. The van der Waals surface area contributed by atoms with Crippen molar-refractivity contribution in [2.75, 3.05) is 4.90 Å². The van der Waals surface area contributed by atoms with E-state index in [2.05, 4.69) is 109 Å². The van der Waals surface area contributed by atoms with Crippen LogP contribution in [0.1, 0.15) is 11.1 Å². The Morgan fingerprint density at radius 3 is 2.27 bits per heavy atom. The Labute approximate surface area is 154 Å². The predicted molar refractivity (Wildman–Crippen MR) is 113 cm³/mol. The largest absolute Gasteiger partial charge is 0.310 e. The van der Waals surface area contributed by atoms with E-state index in [1.807, 2.05) is 6.08 Å². The maximum absolute atomic E-state index is 3.97. The average Bonchev–Trinajstić information content (AvgIpc) is 2.70. The summed E-state index contributed by atoms with van der Waals surface area (Å²) in [6.07, 6.45) is 1.92. The summed E-state index contributed by atoms with van der Waals surface area (Å²) in [4.78, 5) is 2.31. The second-order valence-corrected chi connectivity index (χ2v) is 6.41. The number of hydrogen-bond acceptors (Lipinski definition) is 1. The number of anilines is 3. The number of nitrogens with zero attached hydrogens (tertiary/aromatic N) is 1. The van der Waals surface area contributed by atoms with Crippen LogP contribution in [-0.2, 0) is 0 Å². The standard InChI is InChI=1S/C25H21N/c1-3-20-18-23(17-16-19(20)2)26(22-12-5-4-6-13-22)25-15-9-11-21-10-7-8-14-24(21)25/h3-18H,1H2,2H3. The molecular formula is C25H21N. The molecular weight excluding hydrogens is 314 g/mol. The van der Waals surface area contributed by atoms with Crippen molar-refractivity contribution in [3.8, 4) is 0 Å². The van der Waals surface area contributed by atoms with Gasteiger partial charge in [-0.1, -0.05) is 73.3 Å². The molecule has 1 heteroatoms. The number of para-hydroxylation sites is 1. The molecule has 0 bridgehead atoms. The molecule has 4 aromatic carbocycles. The van der Waals surface area contributed by atoms with E-state index in [0.29, 0.717) is 0 Å². The lowest BCUT2D eigenvalue weighted by molar-refractivity contribution is 1.28. The Morgan fingerprint density at radius 2 is 1.46 bits per heavy atom. The Bertz CT molecular complexity index is 1060. The second kappa shape index (κ2) is 6.89. The van der Waals surface area contributed by atoms with Crippen LogP contribution in [-0.4, -0.2) is 0 Å². The lowest BCUT2D eigenvalue weighted by Gasteiger charge is -2.27. The van der Waals surface area contributed by atoms with Gasteiger partial charge in [0.25, 0.3) is 0 Å².